The molecule has 1 amide bonds. The zero-order valence-corrected chi connectivity index (χ0v) is 14.9. The lowest BCUT2D eigenvalue weighted by Gasteiger charge is -2.16. The standard InChI is InChI=1S/C21H22FN3O/c1-3-16(17-9-5-4-6-10-17)13-23-21(26)18-14-24-25(15(18)2)20-12-8-7-11-19(20)22/h4-12,14,16H,3,13H2,1-2H3,(H,23,26). The summed E-state index contributed by atoms with van der Waals surface area (Å²) in [6.07, 6.45) is 2.42. The molecule has 0 aliphatic heterocycles. The average molecular weight is 351 g/mol. The van der Waals surface area contributed by atoms with E-state index in [2.05, 4.69) is 29.5 Å². The second-order valence-corrected chi connectivity index (χ2v) is 6.23. The van der Waals surface area contributed by atoms with Gasteiger partial charge in [-0.3, -0.25) is 4.79 Å². The average Bonchev–Trinajstić information content (AvgIpc) is 3.05. The van der Waals surface area contributed by atoms with Crippen LogP contribution in [0.4, 0.5) is 4.39 Å². The van der Waals surface area contributed by atoms with Crippen molar-refractivity contribution in [1.82, 2.24) is 15.1 Å². The second-order valence-electron chi connectivity index (χ2n) is 6.23. The third kappa shape index (κ3) is 3.67. The zero-order chi connectivity index (χ0) is 18.5. The third-order valence-electron chi connectivity index (χ3n) is 4.61. The summed E-state index contributed by atoms with van der Waals surface area (Å²) in [4.78, 5) is 12.6. The Morgan fingerprint density at radius 2 is 1.85 bits per heavy atom. The van der Waals surface area contributed by atoms with Gasteiger partial charge in [-0.2, -0.15) is 5.10 Å². The molecule has 1 unspecified atom stereocenters. The number of hydrogen-bond donors (Lipinski definition) is 1. The molecule has 1 N–H and O–H groups in total. The minimum Gasteiger partial charge on any atom is -0.351 e. The number of carbonyl (C=O) groups excluding carboxylic acids is 1. The molecule has 0 radical (unpaired) electrons. The van der Waals surface area contributed by atoms with Crippen LogP contribution in [0.15, 0.2) is 60.8 Å². The highest BCUT2D eigenvalue weighted by molar-refractivity contribution is 5.95. The number of carbonyl (C=O) groups is 1. The van der Waals surface area contributed by atoms with E-state index < -0.39 is 0 Å². The molecule has 1 atom stereocenters. The summed E-state index contributed by atoms with van der Waals surface area (Å²) < 4.78 is 15.4. The van der Waals surface area contributed by atoms with Gasteiger partial charge in [-0.1, -0.05) is 49.4 Å². The van der Waals surface area contributed by atoms with Crippen molar-refractivity contribution in [3.63, 3.8) is 0 Å². The van der Waals surface area contributed by atoms with Gasteiger partial charge < -0.3 is 5.32 Å². The number of aromatic nitrogens is 2. The van der Waals surface area contributed by atoms with Crippen molar-refractivity contribution < 1.29 is 9.18 Å². The topological polar surface area (TPSA) is 46.9 Å². The van der Waals surface area contributed by atoms with Crippen LogP contribution < -0.4 is 5.32 Å². The Labute approximate surface area is 152 Å². The van der Waals surface area contributed by atoms with Crippen LogP contribution in [-0.2, 0) is 0 Å². The van der Waals surface area contributed by atoms with E-state index in [4.69, 9.17) is 0 Å². The monoisotopic (exact) mass is 351 g/mol. The number of para-hydroxylation sites is 1. The normalized spacial score (nSPS) is 12.0. The Balaban J connectivity index is 1.74. The Bertz CT molecular complexity index is 889. The predicted octanol–water partition coefficient (Wildman–Crippen LogP) is 4.24. The van der Waals surface area contributed by atoms with Crippen LogP contribution in [0, 0.1) is 12.7 Å². The van der Waals surface area contributed by atoms with Gasteiger partial charge in [-0.05, 0) is 31.0 Å². The second kappa shape index (κ2) is 7.95. The number of rotatable bonds is 6. The molecule has 4 nitrogen and oxygen atoms in total. The summed E-state index contributed by atoms with van der Waals surface area (Å²) >= 11 is 0. The van der Waals surface area contributed by atoms with Gasteiger partial charge in [-0.15, -0.1) is 0 Å². The van der Waals surface area contributed by atoms with Crippen molar-refractivity contribution in [3.8, 4) is 5.69 Å². The molecule has 0 saturated heterocycles. The molecule has 134 valence electrons. The Morgan fingerprint density at radius 3 is 2.54 bits per heavy atom. The third-order valence-corrected chi connectivity index (χ3v) is 4.61. The van der Waals surface area contributed by atoms with Crippen LogP contribution in [0.3, 0.4) is 0 Å². The molecule has 1 heterocycles. The van der Waals surface area contributed by atoms with Crippen LogP contribution >= 0.6 is 0 Å². The van der Waals surface area contributed by atoms with Crippen molar-refractivity contribution in [1.29, 1.82) is 0 Å². The van der Waals surface area contributed by atoms with Gasteiger partial charge in [0.15, 0.2) is 0 Å². The van der Waals surface area contributed by atoms with Gasteiger partial charge >= 0.3 is 0 Å². The van der Waals surface area contributed by atoms with E-state index in [1.54, 1.807) is 25.1 Å². The zero-order valence-electron chi connectivity index (χ0n) is 14.9. The van der Waals surface area contributed by atoms with Crippen molar-refractivity contribution >= 4 is 5.91 Å². The van der Waals surface area contributed by atoms with Crippen LogP contribution in [-0.4, -0.2) is 22.2 Å². The lowest BCUT2D eigenvalue weighted by Crippen LogP contribution is -2.28. The summed E-state index contributed by atoms with van der Waals surface area (Å²) in [7, 11) is 0. The number of halogens is 1. The molecule has 0 spiro atoms. The molecule has 2 aromatic carbocycles. The number of nitrogens with zero attached hydrogens (tertiary/aromatic N) is 2. The maximum absolute atomic E-state index is 14.0. The summed E-state index contributed by atoms with van der Waals surface area (Å²) in [5.41, 5.74) is 2.60. The van der Waals surface area contributed by atoms with Gasteiger partial charge in [0, 0.05) is 12.5 Å². The number of hydrogen-bond acceptors (Lipinski definition) is 2. The maximum atomic E-state index is 14.0. The van der Waals surface area contributed by atoms with E-state index in [1.165, 1.54) is 22.5 Å². The smallest absolute Gasteiger partial charge is 0.254 e. The molecule has 0 fully saturated rings. The van der Waals surface area contributed by atoms with E-state index in [-0.39, 0.29) is 17.6 Å². The van der Waals surface area contributed by atoms with E-state index >= 15 is 0 Å². The van der Waals surface area contributed by atoms with Crippen molar-refractivity contribution in [2.75, 3.05) is 6.54 Å². The van der Waals surface area contributed by atoms with Crippen molar-refractivity contribution in [2.45, 2.75) is 26.2 Å². The van der Waals surface area contributed by atoms with E-state index in [9.17, 15) is 9.18 Å². The van der Waals surface area contributed by atoms with Crippen molar-refractivity contribution in [2.24, 2.45) is 0 Å². The molecule has 3 aromatic rings. The fourth-order valence-corrected chi connectivity index (χ4v) is 3.03. The van der Waals surface area contributed by atoms with Crippen molar-refractivity contribution in [3.05, 3.63) is 83.4 Å². The number of nitrogens with one attached hydrogen (secondary N) is 1. The Hall–Kier alpha value is -2.95. The summed E-state index contributed by atoms with van der Waals surface area (Å²) in [5.74, 6) is -0.317. The molecule has 0 aliphatic rings. The van der Waals surface area contributed by atoms with Crippen LogP contribution in [0.1, 0.15) is 40.9 Å². The molecular formula is C21H22FN3O. The molecule has 0 bridgehead atoms. The van der Waals surface area contributed by atoms with Gasteiger partial charge in [0.25, 0.3) is 5.91 Å². The highest BCUT2D eigenvalue weighted by Gasteiger charge is 2.18. The van der Waals surface area contributed by atoms with E-state index in [0.29, 0.717) is 23.5 Å². The van der Waals surface area contributed by atoms with Gasteiger partial charge in [0.1, 0.15) is 11.5 Å². The first kappa shape index (κ1) is 17.9. The highest BCUT2D eigenvalue weighted by atomic mass is 19.1. The lowest BCUT2D eigenvalue weighted by molar-refractivity contribution is 0.0950. The minimum atomic E-state index is -0.374. The van der Waals surface area contributed by atoms with Gasteiger partial charge in [0.2, 0.25) is 0 Å². The number of amides is 1. The van der Waals surface area contributed by atoms with Crippen LogP contribution in [0.25, 0.3) is 5.69 Å². The molecule has 0 saturated carbocycles. The van der Waals surface area contributed by atoms with Gasteiger partial charge in [-0.25, -0.2) is 9.07 Å². The van der Waals surface area contributed by atoms with Crippen LogP contribution in [0.2, 0.25) is 0 Å². The largest absolute Gasteiger partial charge is 0.351 e. The first-order valence-corrected chi connectivity index (χ1v) is 8.74. The minimum absolute atomic E-state index is 0.195. The lowest BCUT2D eigenvalue weighted by atomic mass is 9.96. The quantitative estimate of drug-likeness (QED) is 0.722. The summed E-state index contributed by atoms with van der Waals surface area (Å²) in [6.45, 7) is 4.41. The van der Waals surface area contributed by atoms with Gasteiger partial charge in [0.05, 0.1) is 17.5 Å². The van der Waals surface area contributed by atoms with Crippen LogP contribution in [0.5, 0.6) is 0 Å². The summed E-state index contributed by atoms with van der Waals surface area (Å²) in [6, 6.07) is 16.5. The molecule has 0 aliphatic carbocycles. The fourth-order valence-electron chi connectivity index (χ4n) is 3.03. The van der Waals surface area contributed by atoms with E-state index in [1.807, 2.05) is 18.2 Å². The molecule has 1 aromatic heterocycles. The molecule has 3 rings (SSSR count). The first-order chi connectivity index (χ1) is 12.6. The number of benzene rings is 2. The fraction of sp³-hybridized carbons (Fsp3) is 0.238. The maximum Gasteiger partial charge on any atom is 0.254 e. The SMILES string of the molecule is CCC(CNC(=O)c1cnn(-c2ccccc2F)c1C)c1ccccc1. The van der Waals surface area contributed by atoms with E-state index in [0.717, 1.165) is 6.42 Å². The summed E-state index contributed by atoms with van der Waals surface area (Å²) in [5, 5.41) is 7.17. The Kier molecular flexibility index (Phi) is 5.46. The first-order valence-electron chi connectivity index (χ1n) is 8.74. The molecule has 5 heteroatoms. The predicted molar refractivity (Wildman–Crippen MR) is 100 cm³/mol. The molecular weight excluding hydrogens is 329 g/mol. The Morgan fingerprint density at radius 1 is 1.15 bits per heavy atom. The molecule has 26 heavy (non-hydrogen) atoms. The highest BCUT2D eigenvalue weighted by Crippen LogP contribution is 2.19.